The lowest BCUT2D eigenvalue weighted by atomic mass is 9.88. The van der Waals surface area contributed by atoms with Crippen LogP contribution in [0.2, 0.25) is 0 Å². The van der Waals surface area contributed by atoms with Crippen LogP contribution in [0.3, 0.4) is 0 Å². The number of nitrogens with zero attached hydrogens (tertiary/aromatic N) is 1. The van der Waals surface area contributed by atoms with Crippen LogP contribution in [0.15, 0.2) is 48.5 Å². The number of benzene rings is 2. The molecule has 1 aliphatic heterocycles. The van der Waals surface area contributed by atoms with Crippen LogP contribution in [0.25, 0.3) is 0 Å². The Labute approximate surface area is 132 Å². The third kappa shape index (κ3) is 1.74. The predicted octanol–water partition coefficient (Wildman–Crippen LogP) is 3.26. The van der Waals surface area contributed by atoms with E-state index in [0.29, 0.717) is 12.1 Å². The zero-order valence-electron chi connectivity index (χ0n) is 13.0. The molecule has 0 bridgehead atoms. The lowest BCUT2D eigenvalue weighted by Crippen LogP contribution is -2.58. The summed E-state index contributed by atoms with van der Waals surface area (Å²) in [6, 6.07) is 19.4. The van der Waals surface area contributed by atoms with Gasteiger partial charge in [0.1, 0.15) is 0 Å². The normalized spacial score (nSPS) is 29.8. The van der Waals surface area contributed by atoms with Crippen molar-refractivity contribution in [1.29, 1.82) is 0 Å². The van der Waals surface area contributed by atoms with E-state index >= 15 is 0 Å². The summed E-state index contributed by atoms with van der Waals surface area (Å²) >= 11 is 0. The molecule has 0 radical (unpaired) electrons. The second-order valence-corrected chi connectivity index (χ2v) is 7.05. The second-order valence-electron chi connectivity index (χ2n) is 7.05. The van der Waals surface area contributed by atoms with Crippen LogP contribution in [0.5, 0.6) is 0 Å². The summed E-state index contributed by atoms with van der Waals surface area (Å²) in [5.41, 5.74) is 6.30. The summed E-state index contributed by atoms with van der Waals surface area (Å²) in [5.74, 6) is 1.51. The topological polar surface area (TPSA) is 15.3 Å². The largest absolute Gasteiger partial charge is 0.315 e. The maximum Gasteiger partial charge on any atom is 0.0608 e. The van der Waals surface area contributed by atoms with Crippen LogP contribution in [0, 0.1) is 0 Å². The lowest BCUT2D eigenvalue weighted by molar-refractivity contribution is 0.0972. The minimum absolute atomic E-state index is 0.449. The van der Waals surface area contributed by atoms with E-state index in [9.17, 15) is 0 Å². The SMILES string of the molecule is CNC1CN(C2c3ccccc3C3CC3c3ccccc32)C1. The molecule has 2 aromatic rings. The smallest absolute Gasteiger partial charge is 0.0608 e. The predicted molar refractivity (Wildman–Crippen MR) is 89.2 cm³/mol. The average molecular weight is 290 g/mol. The van der Waals surface area contributed by atoms with Gasteiger partial charge in [0, 0.05) is 19.1 Å². The molecule has 5 rings (SSSR count). The summed E-state index contributed by atoms with van der Waals surface area (Å²) in [7, 11) is 2.08. The van der Waals surface area contributed by atoms with E-state index in [-0.39, 0.29) is 0 Å². The fourth-order valence-electron chi connectivity index (χ4n) is 4.54. The number of hydrogen-bond acceptors (Lipinski definition) is 2. The fraction of sp³-hybridized carbons (Fsp3) is 0.400. The van der Waals surface area contributed by atoms with Crippen LogP contribution in [0.4, 0.5) is 0 Å². The van der Waals surface area contributed by atoms with Gasteiger partial charge in [-0.1, -0.05) is 48.5 Å². The molecule has 0 spiro atoms. The summed E-state index contributed by atoms with van der Waals surface area (Å²) in [4.78, 5) is 2.64. The number of fused-ring (bicyclic) bond motifs is 5. The van der Waals surface area contributed by atoms with E-state index in [4.69, 9.17) is 0 Å². The van der Waals surface area contributed by atoms with Crippen LogP contribution < -0.4 is 5.32 Å². The van der Waals surface area contributed by atoms with E-state index in [1.165, 1.54) is 6.42 Å². The Hall–Kier alpha value is -1.64. The lowest BCUT2D eigenvalue weighted by Gasteiger charge is -2.45. The van der Waals surface area contributed by atoms with E-state index in [1.54, 1.807) is 22.3 Å². The van der Waals surface area contributed by atoms with Gasteiger partial charge in [-0.15, -0.1) is 0 Å². The minimum atomic E-state index is 0.449. The third-order valence-electron chi connectivity index (χ3n) is 5.85. The van der Waals surface area contributed by atoms with E-state index < -0.39 is 0 Å². The molecule has 1 N–H and O–H groups in total. The quantitative estimate of drug-likeness (QED) is 0.913. The van der Waals surface area contributed by atoms with Gasteiger partial charge in [0.15, 0.2) is 0 Å². The molecule has 3 aliphatic rings. The van der Waals surface area contributed by atoms with Crippen molar-refractivity contribution in [2.45, 2.75) is 30.3 Å². The van der Waals surface area contributed by atoms with Crippen molar-refractivity contribution in [3.8, 4) is 0 Å². The molecule has 2 heteroatoms. The maximum atomic E-state index is 3.41. The van der Waals surface area contributed by atoms with Gasteiger partial charge in [-0.3, -0.25) is 4.90 Å². The van der Waals surface area contributed by atoms with Crippen molar-refractivity contribution in [3.05, 3.63) is 70.8 Å². The molecule has 2 aliphatic carbocycles. The highest BCUT2D eigenvalue weighted by Crippen LogP contribution is 2.60. The molecule has 2 atom stereocenters. The number of hydrogen-bond donors (Lipinski definition) is 1. The molecule has 2 unspecified atom stereocenters. The number of likely N-dealkylation sites (tertiary alicyclic amines) is 1. The number of likely N-dealkylation sites (N-methyl/N-ethyl adjacent to an activating group) is 1. The third-order valence-corrected chi connectivity index (χ3v) is 5.85. The molecule has 112 valence electrons. The zero-order valence-corrected chi connectivity index (χ0v) is 13.0. The molecule has 1 heterocycles. The molecule has 2 fully saturated rings. The van der Waals surface area contributed by atoms with Gasteiger partial charge in [0.25, 0.3) is 0 Å². The number of nitrogens with one attached hydrogen (secondary N) is 1. The summed E-state index contributed by atoms with van der Waals surface area (Å²) in [5, 5.41) is 3.41. The molecular formula is C20H22N2. The van der Waals surface area contributed by atoms with Crippen molar-refractivity contribution >= 4 is 0 Å². The van der Waals surface area contributed by atoms with E-state index in [0.717, 1.165) is 24.9 Å². The summed E-state index contributed by atoms with van der Waals surface area (Å²) in [6.07, 6.45) is 1.33. The van der Waals surface area contributed by atoms with Gasteiger partial charge >= 0.3 is 0 Å². The molecule has 0 amide bonds. The molecule has 22 heavy (non-hydrogen) atoms. The van der Waals surface area contributed by atoms with E-state index in [1.807, 2.05) is 0 Å². The Bertz CT molecular complexity index is 666. The molecule has 1 saturated heterocycles. The standard InChI is InChI=1S/C20H22N2/c1-21-13-11-22(12-13)20-16-8-4-2-6-14(16)18-10-19(18)15-7-3-5-9-17(15)20/h2-9,13,18-21H,10-12H2,1H3. The zero-order chi connectivity index (χ0) is 14.7. The van der Waals surface area contributed by atoms with Crippen molar-refractivity contribution in [2.24, 2.45) is 0 Å². The van der Waals surface area contributed by atoms with Gasteiger partial charge in [0.2, 0.25) is 0 Å². The first-order valence-electron chi connectivity index (χ1n) is 8.46. The Kier molecular flexibility index (Phi) is 2.73. The van der Waals surface area contributed by atoms with Crippen molar-refractivity contribution in [1.82, 2.24) is 10.2 Å². The van der Waals surface area contributed by atoms with Gasteiger partial charge in [-0.2, -0.15) is 0 Å². The van der Waals surface area contributed by atoms with Gasteiger partial charge in [-0.25, -0.2) is 0 Å². The van der Waals surface area contributed by atoms with Crippen LogP contribution in [-0.4, -0.2) is 31.1 Å². The van der Waals surface area contributed by atoms with Gasteiger partial charge in [0.05, 0.1) is 6.04 Å². The maximum absolute atomic E-state index is 3.41. The van der Waals surface area contributed by atoms with Crippen molar-refractivity contribution in [3.63, 3.8) is 0 Å². The molecule has 2 aromatic carbocycles. The Morgan fingerprint density at radius 2 is 1.32 bits per heavy atom. The highest BCUT2D eigenvalue weighted by atomic mass is 15.3. The monoisotopic (exact) mass is 290 g/mol. The van der Waals surface area contributed by atoms with Crippen LogP contribution >= 0.6 is 0 Å². The number of rotatable bonds is 2. The van der Waals surface area contributed by atoms with Crippen molar-refractivity contribution in [2.75, 3.05) is 20.1 Å². The highest BCUT2D eigenvalue weighted by molar-refractivity contribution is 5.52. The molecule has 2 nitrogen and oxygen atoms in total. The van der Waals surface area contributed by atoms with Crippen molar-refractivity contribution < 1.29 is 0 Å². The van der Waals surface area contributed by atoms with Gasteiger partial charge < -0.3 is 5.32 Å². The summed E-state index contributed by atoms with van der Waals surface area (Å²) in [6.45, 7) is 2.30. The summed E-state index contributed by atoms with van der Waals surface area (Å²) < 4.78 is 0. The first-order valence-corrected chi connectivity index (χ1v) is 8.46. The first-order chi connectivity index (χ1) is 10.9. The Morgan fingerprint density at radius 3 is 1.82 bits per heavy atom. The second kappa shape index (κ2) is 4.68. The molecule has 1 saturated carbocycles. The minimum Gasteiger partial charge on any atom is -0.315 e. The Balaban J connectivity index is 1.65. The van der Waals surface area contributed by atoms with Crippen LogP contribution in [0.1, 0.15) is 46.6 Å². The van der Waals surface area contributed by atoms with E-state index in [2.05, 4.69) is 65.8 Å². The highest BCUT2D eigenvalue weighted by Gasteiger charge is 2.47. The first kappa shape index (κ1) is 12.9. The molecular weight excluding hydrogens is 268 g/mol. The van der Waals surface area contributed by atoms with Gasteiger partial charge in [-0.05, 0) is 47.6 Å². The average Bonchev–Trinajstić information content (AvgIpc) is 3.31. The Morgan fingerprint density at radius 1 is 0.818 bits per heavy atom. The van der Waals surface area contributed by atoms with Crippen LogP contribution in [-0.2, 0) is 0 Å². The fourth-order valence-corrected chi connectivity index (χ4v) is 4.54. The molecule has 0 aromatic heterocycles.